The second-order valence-electron chi connectivity index (χ2n) is 8.39. The van der Waals surface area contributed by atoms with Crippen molar-refractivity contribution >= 4 is 15.9 Å². The highest BCUT2D eigenvalue weighted by Gasteiger charge is 2.29. The van der Waals surface area contributed by atoms with Crippen molar-refractivity contribution < 1.29 is 17.9 Å². The van der Waals surface area contributed by atoms with Crippen LogP contribution >= 0.6 is 0 Å². The molecule has 0 aromatic carbocycles. The Kier molecular flexibility index (Phi) is 9.84. The molecule has 1 saturated heterocycles. The molecule has 1 aliphatic rings. The maximum atomic E-state index is 12.9. The number of ether oxygens (including phenoxy) is 1. The average Bonchev–Trinajstić information content (AvgIpc) is 2.68. The third-order valence-corrected chi connectivity index (χ3v) is 6.54. The first-order valence-corrected chi connectivity index (χ1v) is 12.1. The molecule has 1 aromatic heterocycles. The fourth-order valence-electron chi connectivity index (χ4n) is 3.45. The first-order chi connectivity index (χ1) is 14.7. The van der Waals surface area contributed by atoms with Gasteiger partial charge in [-0.1, -0.05) is 13.8 Å². The van der Waals surface area contributed by atoms with Crippen LogP contribution in [0.2, 0.25) is 0 Å². The molecule has 0 bridgehead atoms. The fourth-order valence-corrected chi connectivity index (χ4v) is 4.61. The Morgan fingerprint density at radius 1 is 1.42 bits per heavy atom. The highest BCUT2D eigenvalue weighted by atomic mass is 32.2. The quantitative estimate of drug-likeness (QED) is 0.517. The predicted octanol–water partition coefficient (Wildman–Crippen LogP) is 1.46. The molecule has 2 heterocycles. The molecule has 3 atom stereocenters. The Hall–Kier alpha value is -2.06. The zero-order valence-electron chi connectivity index (χ0n) is 18.4. The van der Waals surface area contributed by atoms with Crippen molar-refractivity contribution in [3.8, 4) is 6.07 Å². The van der Waals surface area contributed by atoms with Crippen LogP contribution in [0.5, 0.6) is 0 Å². The van der Waals surface area contributed by atoms with Gasteiger partial charge in [0.25, 0.3) is 0 Å². The molecule has 1 fully saturated rings. The predicted molar refractivity (Wildman–Crippen MR) is 116 cm³/mol. The van der Waals surface area contributed by atoms with Crippen LogP contribution in [-0.4, -0.2) is 51.3 Å². The molecule has 0 unspecified atom stereocenters. The van der Waals surface area contributed by atoms with Crippen molar-refractivity contribution in [1.29, 1.82) is 5.26 Å². The molecule has 0 aliphatic carbocycles. The smallest absolute Gasteiger partial charge is 0.242 e. The van der Waals surface area contributed by atoms with Gasteiger partial charge in [0.1, 0.15) is 17.0 Å². The first-order valence-electron chi connectivity index (χ1n) is 10.6. The van der Waals surface area contributed by atoms with Crippen molar-refractivity contribution in [3.63, 3.8) is 0 Å². The lowest BCUT2D eigenvalue weighted by atomic mass is 9.95. The summed E-state index contributed by atoms with van der Waals surface area (Å²) in [5, 5.41) is 15.4. The first kappa shape index (κ1) is 25.2. The number of rotatable bonds is 9. The van der Waals surface area contributed by atoms with E-state index in [1.165, 1.54) is 12.3 Å². The Morgan fingerprint density at radius 3 is 2.84 bits per heavy atom. The van der Waals surface area contributed by atoms with Gasteiger partial charge in [0, 0.05) is 11.9 Å². The molecule has 0 spiro atoms. The van der Waals surface area contributed by atoms with Gasteiger partial charge in [0.05, 0.1) is 19.4 Å². The van der Waals surface area contributed by atoms with E-state index < -0.39 is 28.0 Å². The van der Waals surface area contributed by atoms with Crippen molar-refractivity contribution in [2.24, 2.45) is 11.8 Å². The van der Waals surface area contributed by atoms with E-state index in [1.807, 2.05) is 13.8 Å². The van der Waals surface area contributed by atoms with Crippen molar-refractivity contribution in [1.82, 2.24) is 20.3 Å². The van der Waals surface area contributed by atoms with E-state index in [9.17, 15) is 18.5 Å². The van der Waals surface area contributed by atoms with Gasteiger partial charge in [-0.15, -0.1) is 0 Å². The number of sulfonamides is 1. The van der Waals surface area contributed by atoms with E-state index >= 15 is 0 Å². The molecule has 31 heavy (non-hydrogen) atoms. The van der Waals surface area contributed by atoms with Crippen molar-refractivity contribution in [2.75, 3.05) is 19.9 Å². The molecular formula is C21H33N5O4S. The summed E-state index contributed by atoms with van der Waals surface area (Å²) in [6.07, 6.45) is 3.90. The van der Waals surface area contributed by atoms with E-state index in [1.54, 1.807) is 13.0 Å². The highest BCUT2D eigenvalue weighted by Crippen LogP contribution is 2.17. The van der Waals surface area contributed by atoms with E-state index in [0.29, 0.717) is 31.9 Å². The number of carbonyl (C=O) groups is 1. The molecule has 1 amide bonds. The van der Waals surface area contributed by atoms with E-state index in [4.69, 9.17) is 4.74 Å². The van der Waals surface area contributed by atoms with Crippen LogP contribution in [0, 0.1) is 30.1 Å². The molecule has 3 N–H and O–H groups in total. The monoisotopic (exact) mass is 451 g/mol. The summed E-state index contributed by atoms with van der Waals surface area (Å²) in [6, 6.07) is 3.49. The number of aryl methyl sites for hydroxylation is 1. The third kappa shape index (κ3) is 8.53. The van der Waals surface area contributed by atoms with Crippen molar-refractivity contribution in [3.05, 3.63) is 24.0 Å². The van der Waals surface area contributed by atoms with Gasteiger partial charge in [-0.25, -0.2) is 8.42 Å². The fraction of sp³-hybridized carbons (Fsp3) is 0.667. The zero-order chi connectivity index (χ0) is 22.9. The van der Waals surface area contributed by atoms with Crippen LogP contribution in [0.25, 0.3) is 0 Å². The third-order valence-electron chi connectivity index (χ3n) is 5.08. The molecule has 172 valence electrons. The lowest BCUT2D eigenvalue weighted by Gasteiger charge is -2.25. The minimum atomic E-state index is -3.93. The number of carbonyl (C=O) groups excluding carboxylic acids is 1. The molecule has 2 rings (SSSR count). The Morgan fingerprint density at radius 2 is 2.19 bits per heavy atom. The highest BCUT2D eigenvalue weighted by molar-refractivity contribution is 7.89. The normalized spacial score (nSPS) is 19.6. The number of hydrogen-bond acceptors (Lipinski definition) is 7. The van der Waals surface area contributed by atoms with Crippen LogP contribution in [0.1, 0.15) is 45.2 Å². The van der Waals surface area contributed by atoms with Gasteiger partial charge in [0.2, 0.25) is 15.9 Å². The average molecular weight is 452 g/mol. The van der Waals surface area contributed by atoms with Crippen LogP contribution < -0.4 is 15.4 Å². The van der Waals surface area contributed by atoms with Gasteiger partial charge in [-0.05, 0) is 63.1 Å². The maximum Gasteiger partial charge on any atom is 0.242 e. The Bertz CT molecular complexity index is 844. The summed E-state index contributed by atoms with van der Waals surface area (Å²) in [5.74, 6) is -0.273. The van der Waals surface area contributed by atoms with Gasteiger partial charge in [-0.3, -0.25) is 15.1 Å². The standard InChI is InChI=1S/C21H33N5O4S/c1-15(2)9-20(26-31(28,29)19-7-6-16(3)24-12-19)21(27)25-18(11-22)10-17-5-4-8-23-14-30-13-17/h6-7,12,15,17-18,20,23,26H,4-5,8-10,13-14H2,1-3H3,(H,25,27)/t17-,18-,20-/m0/s1. The van der Waals surface area contributed by atoms with Gasteiger partial charge in [0.15, 0.2) is 0 Å². The number of nitrogens with one attached hydrogen (secondary N) is 3. The topological polar surface area (TPSA) is 133 Å². The number of nitrogens with zero attached hydrogens (tertiary/aromatic N) is 2. The van der Waals surface area contributed by atoms with E-state index in [2.05, 4.69) is 26.4 Å². The minimum Gasteiger partial charge on any atom is -0.366 e. The molecule has 9 nitrogen and oxygen atoms in total. The lowest BCUT2D eigenvalue weighted by molar-refractivity contribution is -0.123. The summed E-state index contributed by atoms with van der Waals surface area (Å²) in [7, 11) is -3.93. The minimum absolute atomic E-state index is 0.00299. The Balaban J connectivity index is 2.06. The second kappa shape index (κ2) is 12.1. The van der Waals surface area contributed by atoms with Gasteiger partial charge >= 0.3 is 0 Å². The van der Waals surface area contributed by atoms with Gasteiger partial charge < -0.3 is 10.1 Å². The van der Waals surface area contributed by atoms with Crippen LogP contribution in [0.4, 0.5) is 0 Å². The van der Waals surface area contributed by atoms with E-state index in [-0.39, 0.29) is 16.7 Å². The number of nitriles is 1. The lowest BCUT2D eigenvalue weighted by Crippen LogP contribution is -2.50. The van der Waals surface area contributed by atoms with Crippen LogP contribution in [-0.2, 0) is 19.6 Å². The largest absolute Gasteiger partial charge is 0.366 e. The molecule has 1 aliphatic heterocycles. The summed E-state index contributed by atoms with van der Waals surface area (Å²) >= 11 is 0. The SMILES string of the molecule is Cc1ccc(S(=O)(=O)N[C@@H](CC(C)C)C(=O)N[C@H](C#N)C[C@@H]2CCCNCOC2)cn1. The molecule has 0 radical (unpaired) electrons. The summed E-state index contributed by atoms with van der Waals surface area (Å²) in [4.78, 5) is 16.9. The molecule has 0 saturated carbocycles. The zero-order valence-corrected chi connectivity index (χ0v) is 19.2. The van der Waals surface area contributed by atoms with Crippen LogP contribution in [0.15, 0.2) is 23.2 Å². The summed E-state index contributed by atoms with van der Waals surface area (Å²) in [5.41, 5.74) is 0.696. The maximum absolute atomic E-state index is 12.9. The second-order valence-corrected chi connectivity index (χ2v) is 10.1. The number of pyridine rings is 1. The number of aromatic nitrogens is 1. The number of amides is 1. The van der Waals surface area contributed by atoms with Crippen LogP contribution in [0.3, 0.4) is 0 Å². The van der Waals surface area contributed by atoms with Gasteiger partial charge in [-0.2, -0.15) is 9.98 Å². The van der Waals surface area contributed by atoms with E-state index in [0.717, 1.165) is 19.4 Å². The molecule has 10 heteroatoms. The summed E-state index contributed by atoms with van der Waals surface area (Å²) < 4.78 is 33.5. The molecular weight excluding hydrogens is 418 g/mol. The Labute approximate surface area is 185 Å². The molecule has 1 aromatic rings. The number of hydrogen-bond donors (Lipinski definition) is 3. The van der Waals surface area contributed by atoms with Crippen molar-refractivity contribution in [2.45, 2.75) is 63.4 Å². The summed E-state index contributed by atoms with van der Waals surface area (Å²) in [6.45, 7) is 7.42.